The summed E-state index contributed by atoms with van der Waals surface area (Å²) in [4.78, 5) is 30.1. The molecule has 0 fully saturated rings. The topological polar surface area (TPSA) is 89.8 Å². The molecule has 0 bridgehead atoms. The Hall–Kier alpha value is -2.50. The number of hydrogen-bond donors (Lipinski definition) is 4. The van der Waals surface area contributed by atoms with Crippen molar-refractivity contribution in [2.45, 2.75) is 39.8 Å². The number of aryl methyl sites for hydroxylation is 2. The van der Waals surface area contributed by atoms with E-state index in [1.54, 1.807) is 24.8 Å². The van der Waals surface area contributed by atoms with Crippen molar-refractivity contribution < 1.29 is 9.59 Å². The Bertz CT molecular complexity index is 613. The fourth-order valence-corrected chi connectivity index (χ4v) is 2.19. The molecule has 0 aliphatic carbocycles. The van der Waals surface area contributed by atoms with E-state index in [0.29, 0.717) is 11.1 Å². The zero-order valence-electron chi connectivity index (χ0n) is 13.3. The maximum absolute atomic E-state index is 12.2. The van der Waals surface area contributed by atoms with Crippen molar-refractivity contribution in [3.63, 3.8) is 0 Å². The van der Waals surface area contributed by atoms with Crippen molar-refractivity contribution in [2.75, 3.05) is 0 Å². The van der Waals surface area contributed by atoms with Gasteiger partial charge in [0, 0.05) is 36.9 Å². The van der Waals surface area contributed by atoms with Gasteiger partial charge in [-0.05, 0) is 38.8 Å². The maximum atomic E-state index is 12.2. The lowest BCUT2D eigenvalue weighted by Gasteiger charge is -2.22. The van der Waals surface area contributed by atoms with Crippen LogP contribution >= 0.6 is 0 Å². The summed E-state index contributed by atoms with van der Waals surface area (Å²) in [6, 6.07) is -0.380. The van der Waals surface area contributed by atoms with E-state index in [1.807, 2.05) is 27.7 Å². The van der Waals surface area contributed by atoms with E-state index >= 15 is 0 Å². The van der Waals surface area contributed by atoms with Crippen LogP contribution < -0.4 is 10.6 Å². The Balaban J connectivity index is 1.94. The molecule has 0 saturated carbocycles. The number of amides is 2. The number of rotatable bonds is 5. The van der Waals surface area contributed by atoms with Gasteiger partial charge in [0.25, 0.3) is 11.8 Å². The first-order valence-electron chi connectivity index (χ1n) is 7.28. The van der Waals surface area contributed by atoms with E-state index < -0.39 is 0 Å². The van der Waals surface area contributed by atoms with E-state index in [1.165, 1.54) is 0 Å². The Morgan fingerprint density at radius 1 is 0.818 bits per heavy atom. The first kappa shape index (κ1) is 15.9. The molecule has 2 aromatic heterocycles. The van der Waals surface area contributed by atoms with E-state index in [9.17, 15) is 9.59 Å². The number of aromatic amines is 2. The quantitative estimate of drug-likeness (QED) is 0.679. The van der Waals surface area contributed by atoms with E-state index in [-0.39, 0.29) is 23.9 Å². The summed E-state index contributed by atoms with van der Waals surface area (Å²) in [5.41, 5.74) is 3.02. The molecule has 2 atom stereocenters. The molecular weight excluding hydrogens is 280 g/mol. The number of H-pyrrole nitrogens is 2. The van der Waals surface area contributed by atoms with Crippen LogP contribution in [-0.4, -0.2) is 33.9 Å². The van der Waals surface area contributed by atoms with Gasteiger partial charge in [0.05, 0.1) is 11.1 Å². The standard InChI is InChI=1S/C16H22N4O2/c1-9-5-17-7-13(9)15(21)19-11(3)12(4)20-16(22)14-8-18-6-10(14)2/h5-8,11-12,17-18H,1-4H3,(H,19,21)(H,20,22)/t11-,12-/m1/s1. The second kappa shape index (κ2) is 6.51. The number of aromatic nitrogens is 2. The largest absolute Gasteiger partial charge is 0.367 e. The summed E-state index contributed by atoms with van der Waals surface area (Å²) < 4.78 is 0. The Morgan fingerprint density at radius 3 is 1.45 bits per heavy atom. The average Bonchev–Trinajstić information content (AvgIpc) is 3.06. The van der Waals surface area contributed by atoms with Crippen LogP contribution in [0.25, 0.3) is 0 Å². The molecular formula is C16H22N4O2. The maximum Gasteiger partial charge on any atom is 0.253 e. The monoisotopic (exact) mass is 302 g/mol. The Morgan fingerprint density at radius 2 is 1.18 bits per heavy atom. The second-order valence-corrected chi connectivity index (χ2v) is 5.63. The molecule has 2 heterocycles. The summed E-state index contributed by atoms with van der Waals surface area (Å²) >= 11 is 0. The molecule has 0 aliphatic heterocycles. The number of hydrogen-bond acceptors (Lipinski definition) is 2. The number of carbonyl (C=O) groups excluding carboxylic acids is 2. The molecule has 22 heavy (non-hydrogen) atoms. The van der Waals surface area contributed by atoms with E-state index in [2.05, 4.69) is 20.6 Å². The lowest BCUT2D eigenvalue weighted by Crippen LogP contribution is -2.48. The first-order chi connectivity index (χ1) is 10.4. The fraction of sp³-hybridized carbons (Fsp3) is 0.375. The van der Waals surface area contributed by atoms with Gasteiger partial charge in [0.15, 0.2) is 0 Å². The number of carbonyl (C=O) groups is 2. The molecule has 0 aliphatic rings. The van der Waals surface area contributed by atoms with Crippen LogP contribution in [0.1, 0.15) is 45.7 Å². The van der Waals surface area contributed by atoms with Gasteiger partial charge < -0.3 is 20.6 Å². The molecule has 0 spiro atoms. The highest BCUT2D eigenvalue weighted by atomic mass is 16.2. The minimum Gasteiger partial charge on any atom is -0.367 e. The molecule has 4 N–H and O–H groups in total. The third-order valence-corrected chi connectivity index (χ3v) is 3.86. The van der Waals surface area contributed by atoms with Crippen molar-refractivity contribution >= 4 is 11.8 Å². The highest BCUT2D eigenvalue weighted by molar-refractivity contribution is 5.96. The summed E-state index contributed by atoms with van der Waals surface area (Å²) in [5, 5.41) is 5.81. The van der Waals surface area contributed by atoms with Crippen LogP contribution in [0.15, 0.2) is 24.8 Å². The molecule has 0 saturated heterocycles. The minimum atomic E-state index is -0.190. The molecule has 2 rings (SSSR count). The van der Waals surface area contributed by atoms with Gasteiger partial charge in [-0.2, -0.15) is 0 Å². The molecule has 0 radical (unpaired) electrons. The lowest BCUT2D eigenvalue weighted by molar-refractivity contribution is 0.0891. The summed E-state index contributed by atoms with van der Waals surface area (Å²) in [6.45, 7) is 7.48. The van der Waals surface area contributed by atoms with Gasteiger partial charge in [0.2, 0.25) is 0 Å². The van der Waals surface area contributed by atoms with Crippen molar-refractivity contribution in [3.8, 4) is 0 Å². The van der Waals surface area contributed by atoms with Crippen LogP contribution in [0.3, 0.4) is 0 Å². The van der Waals surface area contributed by atoms with Crippen LogP contribution in [0.2, 0.25) is 0 Å². The van der Waals surface area contributed by atoms with Gasteiger partial charge in [-0.15, -0.1) is 0 Å². The Labute approximate surface area is 129 Å². The van der Waals surface area contributed by atoms with Crippen molar-refractivity contribution in [2.24, 2.45) is 0 Å². The second-order valence-electron chi connectivity index (χ2n) is 5.63. The van der Waals surface area contributed by atoms with Crippen LogP contribution in [0, 0.1) is 13.8 Å². The summed E-state index contributed by atoms with van der Waals surface area (Å²) in [7, 11) is 0. The zero-order valence-corrected chi connectivity index (χ0v) is 13.3. The molecule has 6 nitrogen and oxygen atoms in total. The van der Waals surface area contributed by atoms with Gasteiger partial charge in [0.1, 0.15) is 0 Å². The Kier molecular flexibility index (Phi) is 4.70. The smallest absolute Gasteiger partial charge is 0.253 e. The fourth-order valence-electron chi connectivity index (χ4n) is 2.19. The molecule has 2 aromatic rings. The average molecular weight is 302 g/mol. The van der Waals surface area contributed by atoms with Crippen LogP contribution in [0.4, 0.5) is 0 Å². The molecule has 6 heteroatoms. The predicted molar refractivity (Wildman–Crippen MR) is 84.9 cm³/mol. The lowest BCUT2D eigenvalue weighted by atomic mass is 10.1. The van der Waals surface area contributed by atoms with Gasteiger partial charge in [-0.25, -0.2) is 0 Å². The highest BCUT2D eigenvalue weighted by Gasteiger charge is 2.20. The third-order valence-electron chi connectivity index (χ3n) is 3.86. The van der Waals surface area contributed by atoms with Crippen LogP contribution in [0.5, 0.6) is 0 Å². The summed E-state index contributed by atoms with van der Waals surface area (Å²) in [5.74, 6) is -0.296. The van der Waals surface area contributed by atoms with Crippen molar-refractivity contribution in [1.29, 1.82) is 0 Å². The van der Waals surface area contributed by atoms with Gasteiger partial charge in [-0.3, -0.25) is 9.59 Å². The SMILES string of the molecule is Cc1c[nH]cc1C(=O)N[C@H](C)[C@@H](C)NC(=O)c1c[nH]cc1C. The van der Waals surface area contributed by atoms with E-state index in [4.69, 9.17) is 0 Å². The van der Waals surface area contributed by atoms with Gasteiger partial charge >= 0.3 is 0 Å². The minimum absolute atomic E-state index is 0.148. The van der Waals surface area contributed by atoms with Crippen LogP contribution in [-0.2, 0) is 0 Å². The molecule has 0 aromatic carbocycles. The predicted octanol–water partition coefficient (Wildman–Crippen LogP) is 1.90. The van der Waals surface area contributed by atoms with Crippen molar-refractivity contribution in [1.82, 2.24) is 20.6 Å². The van der Waals surface area contributed by atoms with E-state index in [0.717, 1.165) is 11.1 Å². The van der Waals surface area contributed by atoms with Crippen molar-refractivity contribution in [3.05, 3.63) is 47.0 Å². The first-order valence-corrected chi connectivity index (χ1v) is 7.28. The molecule has 118 valence electrons. The third kappa shape index (κ3) is 3.39. The number of nitrogens with one attached hydrogen (secondary N) is 4. The molecule has 0 unspecified atom stereocenters. The normalized spacial score (nSPS) is 13.5. The summed E-state index contributed by atoms with van der Waals surface area (Å²) in [6.07, 6.45) is 6.90. The highest BCUT2D eigenvalue weighted by Crippen LogP contribution is 2.08. The zero-order chi connectivity index (χ0) is 16.3. The molecule has 2 amide bonds. The van der Waals surface area contributed by atoms with Gasteiger partial charge in [-0.1, -0.05) is 0 Å².